The van der Waals surface area contributed by atoms with E-state index in [0.29, 0.717) is 16.9 Å². The Morgan fingerprint density at radius 1 is 1.04 bits per heavy atom. The highest BCUT2D eigenvalue weighted by Crippen LogP contribution is 2.26. The molecule has 2 aromatic carbocycles. The summed E-state index contributed by atoms with van der Waals surface area (Å²) in [6.07, 6.45) is 1.66. The molecule has 0 atom stereocenters. The number of para-hydroxylation sites is 1. The molecule has 6 heteroatoms. The third-order valence-electron chi connectivity index (χ3n) is 4.00. The maximum absolute atomic E-state index is 13.7. The Labute approximate surface area is 162 Å². The summed E-state index contributed by atoms with van der Waals surface area (Å²) in [5.41, 5.74) is 1.84. The van der Waals surface area contributed by atoms with Gasteiger partial charge in [-0.05, 0) is 71.1 Å². The lowest BCUT2D eigenvalue weighted by atomic mass is 10.2. The average Bonchev–Trinajstić information content (AvgIpc) is 3.03. The van der Waals surface area contributed by atoms with Gasteiger partial charge in [-0.1, -0.05) is 18.2 Å². The van der Waals surface area contributed by atoms with E-state index in [1.807, 2.05) is 36.4 Å². The standard InChI is InChI=1S/C20H13FIN3O/c21-14-8-9-17-13(11-14)12-18(25(17)19-7-3-4-10-23-19)20(26)24-16-6-2-1-5-15(16)22/h1-12H,(H,24,26). The van der Waals surface area contributed by atoms with Gasteiger partial charge in [0.25, 0.3) is 5.91 Å². The van der Waals surface area contributed by atoms with Gasteiger partial charge in [0, 0.05) is 15.2 Å². The van der Waals surface area contributed by atoms with Crippen molar-refractivity contribution in [3.63, 3.8) is 0 Å². The van der Waals surface area contributed by atoms with Gasteiger partial charge in [-0.2, -0.15) is 0 Å². The Hall–Kier alpha value is -2.74. The second-order valence-corrected chi connectivity index (χ2v) is 6.85. The van der Waals surface area contributed by atoms with Crippen LogP contribution in [0.3, 0.4) is 0 Å². The molecule has 4 aromatic rings. The number of pyridine rings is 1. The highest BCUT2D eigenvalue weighted by Gasteiger charge is 2.18. The predicted octanol–water partition coefficient (Wildman–Crippen LogP) is 5.02. The summed E-state index contributed by atoms with van der Waals surface area (Å²) in [7, 11) is 0. The number of benzene rings is 2. The summed E-state index contributed by atoms with van der Waals surface area (Å²) >= 11 is 2.17. The monoisotopic (exact) mass is 457 g/mol. The number of hydrogen-bond acceptors (Lipinski definition) is 2. The third-order valence-corrected chi connectivity index (χ3v) is 4.94. The van der Waals surface area contributed by atoms with Crippen molar-refractivity contribution in [2.75, 3.05) is 5.32 Å². The molecule has 0 fully saturated rings. The van der Waals surface area contributed by atoms with E-state index in [0.717, 1.165) is 14.8 Å². The van der Waals surface area contributed by atoms with Crippen LogP contribution in [0, 0.1) is 9.39 Å². The number of halogens is 2. The molecular formula is C20H13FIN3O. The van der Waals surface area contributed by atoms with Gasteiger partial charge < -0.3 is 5.32 Å². The Bertz CT molecular complexity index is 1110. The van der Waals surface area contributed by atoms with Gasteiger partial charge in [0.05, 0.1) is 11.2 Å². The Balaban J connectivity index is 1.86. The molecule has 128 valence electrons. The molecule has 1 amide bonds. The minimum atomic E-state index is -0.347. The number of rotatable bonds is 3. The minimum absolute atomic E-state index is 0.281. The molecule has 0 bridgehead atoms. The van der Waals surface area contributed by atoms with Gasteiger partial charge in [-0.3, -0.25) is 9.36 Å². The zero-order valence-electron chi connectivity index (χ0n) is 13.5. The van der Waals surface area contributed by atoms with Crippen LogP contribution in [0.25, 0.3) is 16.7 Å². The van der Waals surface area contributed by atoms with Gasteiger partial charge in [0.2, 0.25) is 0 Å². The molecule has 0 saturated carbocycles. The third kappa shape index (κ3) is 3.08. The highest BCUT2D eigenvalue weighted by atomic mass is 127. The van der Waals surface area contributed by atoms with Crippen LogP contribution in [-0.4, -0.2) is 15.5 Å². The molecule has 26 heavy (non-hydrogen) atoms. The molecule has 0 aliphatic rings. The van der Waals surface area contributed by atoms with E-state index >= 15 is 0 Å². The molecule has 0 spiro atoms. The number of nitrogens with zero attached hydrogens (tertiary/aromatic N) is 2. The maximum atomic E-state index is 13.7. The molecule has 1 N–H and O–H groups in total. The van der Waals surface area contributed by atoms with Crippen molar-refractivity contribution in [3.05, 3.63) is 88.0 Å². The Kier molecular flexibility index (Phi) is 4.42. The van der Waals surface area contributed by atoms with Crippen molar-refractivity contribution in [3.8, 4) is 5.82 Å². The number of hydrogen-bond donors (Lipinski definition) is 1. The van der Waals surface area contributed by atoms with Gasteiger partial charge in [0.1, 0.15) is 17.3 Å². The number of aromatic nitrogens is 2. The number of amides is 1. The number of nitrogens with one attached hydrogen (secondary N) is 1. The van der Waals surface area contributed by atoms with E-state index in [1.165, 1.54) is 12.1 Å². The Morgan fingerprint density at radius 3 is 2.62 bits per heavy atom. The minimum Gasteiger partial charge on any atom is -0.320 e. The number of anilines is 1. The number of carbonyl (C=O) groups is 1. The van der Waals surface area contributed by atoms with E-state index in [4.69, 9.17) is 0 Å². The lowest BCUT2D eigenvalue weighted by Gasteiger charge is -2.11. The fraction of sp³-hybridized carbons (Fsp3) is 0. The van der Waals surface area contributed by atoms with E-state index in [9.17, 15) is 9.18 Å². The molecule has 2 heterocycles. The van der Waals surface area contributed by atoms with Crippen LogP contribution in [-0.2, 0) is 0 Å². The van der Waals surface area contributed by atoms with Gasteiger partial charge in [0.15, 0.2) is 0 Å². The summed E-state index contributed by atoms with van der Waals surface area (Å²) in [6, 6.07) is 19.1. The SMILES string of the molecule is O=C(Nc1ccccc1I)c1cc2cc(F)ccc2n1-c1ccccn1. The predicted molar refractivity (Wildman–Crippen MR) is 108 cm³/mol. The van der Waals surface area contributed by atoms with Crippen LogP contribution in [0.4, 0.5) is 10.1 Å². The first-order chi connectivity index (χ1) is 12.6. The summed E-state index contributed by atoms with van der Waals surface area (Å²) in [4.78, 5) is 17.3. The van der Waals surface area contributed by atoms with Crippen LogP contribution in [0.1, 0.15) is 10.5 Å². The number of carbonyl (C=O) groups excluding carboxylic acids is 1. The summed E-state index contributed by atoms with van der Waals surface area (Å²) < 4.78 is 16.3. The largest absolute Gasteiger partial charge is 0.320 e. The second-order valence-electron chi connectivity index (χ2n) is 5.69. The van der Waals surface area contributed by atoms with Crippen molar-refractivity contribution >= 4 is 45.1 Å². The van der Waals surface area contributed by atoms with Crippen molar-refractivity contribution in [1.82, 2.24) is 9.55 Å². The molecule has 0 saturated heterocycles. The molecule has 0 aliphatic carbocycles. The quantitative estimate of drug-likeness (QED) is 0.440. The van der Waals surface area contributed by atoms with Crippen LogP contribution >= 0.6 is 22.6 Å². The fourth-order valence-corrected chi connectivity index (χ4v) is 3.36. The van der Waals surface area contributed by atoms with E-state index < -0.39 is 0 Å². The van der Waals surface area contributed by atoms with Crippen LogP contribution < -0.4 is 5.32 Å². The summed E-state index contributed by atoms with van der Waals surface area (Å²) in [5.74, 6) is -0.0290. The van der Waals surface area contributed by atoms with Gasteiger partial charge >= 0.3 is 0 Å². The lowest BCUT2D eigenvalue weighted by Crippen LogP contribution is -2.17. The van der Waals surface area contributed by atoms with Crippen LogP contribution in [0.5, 0.6) is 0 Å². The van der Waals surface area contributed by atoms with Gasteiger partial charge in [-0.15, -0.1) is 0 Å². The van der Waals surface area contributed by atoms with E-state index in [-0.39, 0.29) is 11.7 Å². The van der Waals surface area contributed by atoms with Crippen LogP contribution in [0.15, 0.2) is 72.9 Å². The first-order valence-corrected chi connectivity index (χ1v) is 8.99. The van der Waals surface area contributed by atoms with Gasteiger partial charge in [-0.25, -0.2) is 9.37 Å². The van der Waals surface area contributed by atoms with E-state index in [2.05, 4.69) is 32.9 Å². The molecule has 4 nitrogen and oxygen atoms in total. The summed E-state index contributed by atoms with van der Waals surface area (Å²) in [6.45, 7) is 0. The fourth-order valence-electron chi connectivity index (χ4n) is 2.84. The first kappa shape index (κ1) is 16.7. The maximum Gasteiger partial charge on any atom is 0.272 e. The zero-order valence-corrected chi connectivity index (χ0v) is 15.6. The van der Waals surface area contributed by atoms with Crippen LogP contribution in [0.2, 0.25) is 0 Å². The topological polar surface area (TPSA) is 46.9 Å². The second kappa shape index (κ2) is 6.87. The van der Waals surface area contributed by atoms with Crippen molar-refractivity contribution in [2.45, 2.75) is 0 Å². The molecule has 0 aliphatic heterocycles. The highest BCUT2D eigenvalue weighted by molar-refractivity contribution is 14.1. The first-order valence-electron chi connectivity index (χ1n) is 7.92. The Morgan fingerprint density at radius 2 is 1.85 bits per heavy atom. The van der Waals surface area contributed by atoms with Crippen molar-refractivity contribution < 1.29 is 9.18 Å². The molecule has 2 aromatic heterocycles. The zero-order chi connectivity index (χ0) is 18.1. The molecule has 4 rings (SSSR count). The average molecular weight is 457 g/mol. The molecular weight excluding hydrogens is 444 g/mol. The van der Waals surface area contributed by atoms with E-state index in [1.54, 1.807) is 29.0 Å². The molecule has 0 unspecified atom stereocenters. The summed E-state index contributed by atoms with van der Waals surface area (Å²) in [5, 5.41) is 3.57. The van der Waals surface area contributed by atoms with Crippen molar-refractivity contribution in [2.24, 2.45) is 0 Å². The number of fused-ring (bicyclic) bond motifs is 1. The van der Waals surface area contributed by atoms with Crippen molar-refractivity contribution in [1.29, 1.82) is 0 Å². The lowest BCUT2D eigenvalue weighted by molar-refractivity contribution is 0.102. The molecule has 0 radical (unpaired) electrons. The normalized spacial score (nSPS) is 10.8. The smallest absolute Gasteiger partial charge is 0.272 e.